The highest BCUT2D eigenvalue weighted by molar-refractivity contribution is 8.13. The van der Waals surface area contributed by atoms with Crippen LogP contribution in [0.1, 0.15) is 21.5 Å². The summed E-state index contributed by atoms with van der Waals surface area (Å²) in [6.07, 6.45) is 0. The molecule has 27 heavy (non-hydrogen) atoms. The normalized spacial score (nSPS) is 13.6. The van der Waals surface area contributed by atoms with E-state index in [-0.39, 0.29) is 17.2 Å². The van der Waals surface area contributed by atoms with Gasteiger partial charge in [0.2, 0.25) is 0 Å². The molecule has 0 radical (unpaired) electrons. The average molecular weight is 424 g/mol. The predicted octanol–water partition coefficient (Wildman–Crippen LogP) is 4.96. The molecule has 0 N–H and O–H groups in total. The van der Waals surface area contributed by atoms with E-state index in [2.05, 4.69) is 4.99 Å². The van der Waals surface area contributed by atoms with Gasteiger partial charge in [-0.05, 0) is 30.7 Å². The number of hydrogen-bond donors (Lipinski definition) is 0. The molecule has 2 aromatic carbocycles. The van der Waals surface area contributed by atoms with Crippen molar-refractivity contribution < 1.29 is 9.72 Å². The zero-order valence-electron chi connectivity index (χ0n) is 14.3. The molecule has 0 aliphatic carbocycles. The molecule has 0 bridgehead atoms. The number of thioether (sulfide) groups is 1. The monoisotopic (exact) mass is 423 g/mol. The number of carbonyl (C=O) groups is 1. The van der Waals surface area contributed by atoms with E-state index in [9.17, 15) is 14.9 Å². The lowest BCUT2D eigenvalue weighted by Gasteiger charge is -2.18. The summed E-state index contributed by atoms with van der Waals surface area (Å²) < 4.78 is 0. The van der Waals surface area contributed by atoms with Gasteiger partial charge in [0.05, 0.1) is 21.5 Å². The molecule has 1 aliphatic rings. The van der Waals surface area contributed by atoms with Gasteiger partial charge in [0.1, 0.15) is 0 Å². The highest BCUT2D eigenvalue weighted by Crippen LogP contribution is 2.27. The Labute approximate surface area is 170 Å². The second-order valence-corrected chi connectivity index (χ2v) is 7.67. The summed E-state index contributed by atoms with van der Waals surface area (Å²) in [6, 6.07) is 9.88. The van der Waals surface area contributed by atoms with Crippen molar-refractivity contribution in [1.82, 2.24) is 4.90 Å². The Bertz CT molecular complexity index is 949. The molecule has 6 nitrogen and oxygen atoms in total. The molecule has 1 aliphatic heterocycles. The molecule has 0 fully saturated rings. The predicted molar refractivity (Wildman–Crippen MR) is 109 cm³/mol. The topological polar surface area (TPSA) is 75.8 Å². The molecule has 140 valence electrons. The molecule has 0 aromatic heterocycles. The second kappa shape index (κ2) is 8.29. The van der Waals surface area contributed by atoms with E-state index in [0.29, 0.717) is 39.6 Å². The number of amidine groups is 1. The van der Waals surface area contributed by atoms with Crippen molar-refractivity contribution >= 4 is 51.7 Å². The standard InChI is InChI=1S/C18H15Cl2N3O3S/c1-11-2-4-13(9-16(11)23(25)26)17(24)22-7-6-21-18(22)27-10-12-3-5-14(19)15(20)8-12/h2-5,8-9H,6-7,10H2,1H3. The summed E-state index contributed by atoms with van der Waals surface area (Å²) >= 11 is 13.4. The fraction of sp³-hybridized carbons (Fsp3) is 0.222. The SMILES string of the molecule is Cc1ccc(C(=O)N2CCN=C2SCc2ccc(Cl)c(Cl)c2)cc1[N+](=O)[O-]. The van der Waals surface area contributed by atoms with E-state index in [0.717, 1.165) is 5.56 Å². The van der Waals surface area contributed by atoms with Gasteiger partial charge < -0.3 is 0 Å². The van der Waals surface area contributed by atoms with Gasteiger partial charge in [-0.2, -0.15) is 0 Å². The van der Waals surface area contributed by atoms with Crippen LogP contribution >= 0.6 is 35.0 Å². The smallest absolute Gasteiger partial charge is 0.273 e. The van der Waals surface area contributed by atoms with Gasteiger partial charge in [0.25, 0.3) is 11.6 Å². The number of halogens is 2. The van der Waals surface area contributed by atoms with Crippen molar-refractivity contribution in [1.29, 1.82) is 0 Å². The number of nitro groups is 1. The lowest BCUT2D eigenvalue weighted by molar-refractivity contribution is -0.385. The number of carbonyl (C=O) groups excluding carboxylic acids is 1. The van der Waals surface area contributed by atoms with E-state index in [1.54, 1.807) is 36.1 Å². The van der Waals surface area contributed by atoms with Crippen LogP contribution in [0.15, 0.2) is 41.4 Å². The highest BCUT2D eigenvalue weighted by Gasteiger charge is 2.26. The Kier molecular flexibility index (Phi) is 6.04. The number of aliphatic imine (C=N–C) groups is 1. The fourth-order valence-corrected chi connectivity index (χ4v) is 3.92. The van der Waals surface area contributed by atoms with Gasteiger partial charge >= 0.3 is 0 Å². The van der Waals surface area contributed by atoms with Gasteiger partial charge in [-0.3, -0.25) is 24.8 Å². The van der Waals surface area contributed by atoms with Crippen molar-refractivity contribution in [2.24, 2.45) is 4.99 Å². The van der Waals surface area contributed by atoms with E-state index < -0.39 is 4.92 Å². The first kappa shape index (κ1) is 19.7. The van der Waals surface area contributed by atoms with Crippen molar-refractivity contribution in [2.45, 2.75) is 12.7 Å². The number of nitrogens with zero attached hydrogens (tertiary/aromatic N) is 3. The number of hydrogen-bond acceptors (Lipinski definition) is 5. The molecule has 0 saturated heterocycles. The number of benzene rings is 2. The van der Waals surface area contributed by atoms with E-state index in [1.807, 2.05) is 6.07 Å². The van der Waals surface area contributed by atoms with Crippen LogP contribution in [0.4, 0.5) is 5.69 Å². The van der Waals surface area contributed by atoms with Crippen molar-refractivity contribution in [3.8, 4) is 0 Å². The van der Waals surface area contributed by atoms with Crippen LogP contribution in [0.3, 0.4) is 0 Å². The minimum Gasteiger partial charge on any atom is -0.286 e. The third kappa shape index (κ3) is 4.43. The molecule has 9 heteroatoms. The maximum absolute atomic E-state index is 12.8. The maximum Gasteiger partial charge on any atom is 0.273 e. The Morgan fingerprint density at radius 2 is 2.04 bits per heavy atom. The third-order valence-electron chi connectivity index (χ3n) is 4.05. The number of rotatable bonds is 4. The summed E-state index contributed by atoms with van der Waals surface area (Å²) in [5.41, 5.74) is 1.68. The highest BCUT2D eigenvalue weighted by atomic mass is 35.5. The minimum absolute atomic E-state index is 0.0676. The number of nitro benzene ring substituents is 1. The van der Waals surface area contributed by atoms with Gasteiger partial charge in [0, 0.05) is 29.5 Å². The lowest BCUT2D eigenvalue weighted by atomic mass is 10.1. The lowest BCUT2D eigenvalue weighted by Crippen LogP contribution is -2.32. The van der Waals surface area contributed by atoms with E-state index in [4.69, 9.17) is 23.2 Å². The van der Waals surface area contributed by atoms with Crippen LogP contribution in [0, 0.1) is 17.0 Å². The molecule has 2 aromatic rings. The third-order valence-corrected chi connectivity index (χ3v) is 5.88. The van der Waals surface area contributed by atoms with Crippen molar-refractivity contribution in [3.63, 3.8) is 0 Å². The van der Waals surface area contributed by atoms with E-state index >= 15 is 0 Å². The fourth-order valence-electron chi connectivity index (χ4n) is 2.61. The summed E-state index contributed by atoms with van der Waals surface area (Å²) in [7, 11) is 0. The molecular weight excluding hydrogens is 409 g/mol. The van der Waals surface area contributed by atoms with Crippen LogP contribution in [-0.2, 0) is 5.75 Å². The summed E-state index contributed by atoms with van der Waals surface area (Å²) in [4.78, 5) is 29.4. The summed E-state index contributed by atoms with van der Waals surface area (Å²) in [5.74, 6) is 0.282. The van der Waals surface area contributed by atoms with Crippen LogP contribution < -0.4 is 0 Å². The zero-order chi connectivity index (χ0) is 19.6. The Hall–Kier alpha value is -2.09. The molecule has 0 saturated carbocycles. The molecule has 0 unspecified atom stereocenters. The first-order chi connectivity index (χ1) is 12.9. The zero-order valence-corrected chi connectivity index (χ0v) is 16.6. The van der Waals surface area contributed by atoms with E-state index in [1.165, 1.54) is 17.8 Å². The van der Waals surface area contributed by atoms with Gasteiger partial charge in [-0.15, -0.1) is 0 Å². The second-order valence-electron chi connectivity index (χ2n) is 5.92. The quantitative estimate of drug-likeness (QED) is 0.514. The summed E-state index contributed by atoms with van der Waals surface area (Å²) in [5, 5.41) is 12.7. The number of aryl methyl sites for hydroxylation is 1. The largest absolute Gasteiger partial charge is 0.286 e. The van der Waals surface area contributed by atoms with Crippen LogP contribution in [-0.4, -0.2) is 34.0 Å². The molecule has 3 rings (SSSR count). The molecule has 0 atom stereocenters. The summed E-state index contributed by atoms with van der Waals surface area (Å²) in [6.45, 7) is 2.59. The van der Waals surface area contributed by atoms with Crippen LogP contribution in [0.5, 0.6) is 0 Å². The minimum atomic E-state index is -0.482. The molecular formula is C18H15Cl2N3O3S. The number of amides is 1. The van der Waals surface area contributed by atoms with Gasteiger partial charge in [-0.1, -0.05) is 47.1 Å². The molecule has 1 amide bonds. The van der Waals surface area contributed by atoms with Crippen molar-refractivity contribution in [3.05, 3.63) is 73.2 Å². The first-order valence-electron chi connectivity index (χ1n) is 8.05. The molecule has 1 heterocycles. The van der Waals surface area contributed by atoms with Crippen molar-refractivity contribution in [2.75, 3.05) is 13.1 Å². The Morgan fingerprint density at radius 1 is 1.26 bits per heavy atom. The first-order valence-corrected chi connectivity index (χ1v) is 9.79. The van der Waals surface area contributed by atoms with Crippen LogP contribution in [0.2, 0.25) is 10.0 Å². The Balaban J connectivity index is 1.73. The Morgan fingerprint density at radius 3 is 2.74 bits per heavy atom. The maximum atomic E-state index is 12.8. The molecule has 0 spiro atoms. The average Bonchev–Trinajstić information content (AvgIpc) is 3.11. The van der Waals surface area contributed by atoms with Crippen LogP contribution in [0.25, 0.3) is 0 Å². The van der Waals surface area contributed by atoms with Gasteiger partial charge in [-0.25, -0.2) is 0 Å². The van der Waals surface area contributed by atoms with Gasteiger partial charge in [0.15, 0.2) is 5.17 Å².